The maximum absolute atomic E-state index is 4.65. The summed E-state index contributed by atoms with van der Waals surface area (Å²) in [6.07, 6.45) is 0. The van der Waals surface area contributed by atoms with Crippen molar-refractivity contribution < 1.29 is 25.8 Å². The summed E-state index contributed by atoms with van der Waals surface area (Å²) in [5, 5.41) is 7.00. The Hall–Kier alpha value is -0.650. The second-order valence-corrected chi connectivity index (χ2v) is 12.3. The zero-order chi connectivity index (χ0) is 26.0. The molecule has 0 fully saturated rings. The topological polar surface area (TPSA) is 54.0 Å². The van der Waals surface area contributed by atoms with Gasteiger partial charge in [0.25, 0.3) is 0 Å². The van der Waals surface area contributed by atoms with Crippen LogP contribution in [0.25, 0.3) is 10.6 Å². The summed E-state index contributed by atoms with van der Waals surface area (Å²) in [7, 11) is 7.00. The first kappa shape index (κ1) is 36.9. The molecule has 0 aliphatic carbocycles. The summed E-state index contributed by atoms with van der Waals surface area (Å²) in [5.74, 6) is 0. The molecule has 0 spiro atoms. The molecule has 0 aliphatic rings. The molecule has 0 saturated heterocycles. The Balaban J connectivity index is -0.000000430. The van der Waals surface area contributed by atoms with Gasteiger partial charge in [0.15, 0.2) is 0 Å². The van der Waals surface area contributed by atoms with Gasteiger partial charge in [0.2, 0.25) is 0 Å². The van der Waals surface area contributed by atoms with E-state index in [9.17, 15) is 0 Å². The van der Waals surface area contributed by atoms with Crippen LogP contribution in [-0.4, -0.2) is 38.2 Å². The van der Waals surface area contributed by atoms with Gasteiger partial charge >= 0.3 is 25.8 Å². The zero-order valence-corrected chi connectivity index (χ0v) is 28.2. The van der Waals surface area contributed by atoms with Crippen LogP contribution in [0.15, 0.2) is 24.3 Å². The molecule has 2 heterocycles. The molecule has 0 saturated carbocycles. The van der Waals surface area contributed by atoms with E-state index in [1.165, 1.54) is 22.8 Å². The molecule has 0 bridgehead atoms. The van der Waals surface area contributed by atoms with Gasteiger partial charge in [0.05, 0.1) is 0 Å². The predicted molar refractivity (Wildman–Crippen MR) is 145 cm³/mol. The summed E-state index contributed by atoms with van der Waals surface area (Å²) in [5.41, 5.74) is 5.45. The number of hydrogen-bond donors (Lipinski definition) is 0. The van der Waals surface area contributed by atoms with Crippen LogP contribution in [0.2, 0.25) is 0 Å². The fraction of sp³-hybridized carbons (Fsp3) is 0.714. The van der Waals surface area contributed by atoms with E-state index < -0.39 is 0 Å². The van der Waals surface area contributed by atoms with E-state index in [0.29, 0.717) is 0 Å². The Morgan fingerprint density at radius 2 is 0.758 bits per heavy atom. The molecule has 0 amide bonds. The van der Waals surface area contributed by atoms with Gasteiger partial charge in [-0.2, -0.15) is 52.5 Å². The SMILES string of the molecule is CC(C)(C)c1cc[c-](C(C)(C)C)n1.CC(C)(C)c1cc[c-](C(C)(C)C)n1.C[N-]C.C[N-]C.[Hf+4]. The van der Waals surface area contributed by atoms with Crippen LogP contribution in [0.3, 0.4) is 0 Å². The van der Waals surface area contributed by atoms with Crippen LogP contribution in [0.5, 0.6) is 0 Å². The third kappa shape index (κ3) is 15.8. The minimum absolute atomic E-state index is 0. The zero-order valence-electron chi connectivity index (χ0n) is 24.6. The van der Waals surface area contributed by atoms with Crippen LogP contribution >= 0.6 is 0 Å². The van der Waals surface area contributed by atoms with Crippen molar-refractivity contribution in [1.29, 1.82) is 0 Å². The summed E-state index contributed by atoms with van der Waals surface area (Å²) in [6.45, 7) is 26.4. The van der Waals surface area contributed by atoms with Crippen LogP contribution in [0, 0.1) is 0 Å². The van der Waals surface area contributed by atoms with E-state index in [1.807, 2.05) is 0 Å². The van der Waals surface area contributed by atoms with Gasteiger partial charge in [-0.1, -0.05) is 105 Å². The monoisotopic (exact) mass is 624 g/mol. The standard InChI is InChI=1S/2C12H20N.2C2H6N.Hf/c2*1-11(2,3)9-7-8-10(13-9)12(4,5)6;2*1-3-2;/h2*7-8H,1-6H3;2*1-2H3;/q4*-1;+4. The molecule has 0 unspecified atom stereocenters. The van der Waals surface area contributed by atoms with Gasteiger partial charge in [-0.15, -0.1) is 11.4 Å². The van der Waals surface area contributed by atoms with Crippen molar-refractivity contribution in [2.24, 2.45) is 0 Å². The van der Waals surface area contributed by atoms with Crippen LogP contribution < -0.4 is 0 Å². The first-order valence-corrected chi connectivity index (χ1v) is 11.5. The van der Waals surface area contributed by atoms with Gasteiger partial charge in [0.1, 0.15) is 0 Å². The molecular weight excluding hydrogens is 571 g/mol. The second kappa shape index (κ2) is 15.4. The Kier molecular flexibility index (Phi) is 17.2. The van der Waals surface area contributed by atoms with E-state index in [1.54, 1.807) is 28.2 Å². The molecule has 0 atom stereocenters. The van der Waals surface area contributed by atoms with Crippen molar-refractivity contribution in [3.05, 3.63) is 57.7 Å². The molecule has 4 nitrogen and oxygen atoms in total. The van der Waals surface area contributed by atoms with E-state index in [0.717, 1.165) is 0 Å². The minimum atomic E-state index is 0. The number of aromatic nitrogens is 2. The molecule has 0 N–H and O–H groups in total. The van der Waals surface area contributed by atoms with Crippen LogP contribution in [0.1, 0.15) is 106 Å². The first-order chi connectivity index (χ1) is 14.2. The van der Waals surface area contributed by atoms with E-state index >= 15 is 0 Å². The van der Waals surface area contributed by atoms with Crippen LogP contribution in [0.4, 0.5) is 0 Å². The molecule has 188 valence electrons. The van der Waals surface area contributed by atoms with Crippen molar-refractivity contribution in [2.45, 2.75) is 105 Å². The molecule has 0 aliphatic heterocycles. The molecule has 0 radical (unpaired) electrons. The van der Waals surface area contributed by atoms with Crippen molar-refractivity contribution in [1.82, 2.24) is 9.97 Å². The average Bonchev–Trinajstić information content (AvgIpc) is 3.25. The summed E-state index contributed by atoms with van der Waals surface area (Å²) >= 11 is 0. The Morgan fingerprint density at radius 3 is 0.848 bits per heavy atom. The number of hydrogen-bond acceptors (Lipinski definition) is 2. The molecular formula is C28H52HfN4. The van der Waals surface area contributed by atoms with E-state index in [-0.39, 0.29) is 47.5 Å². The van der Waals surface area contributed by atoms with Crippen molar-refractivity contribution in [2.75, 3.05) is 28.2 Å². The average molecular weight is 623 g/mol. The Morgan fingerprint density at radius 1 is 0.545 bits per heavy atom. The minimum Gasteiger partial charge on any atom is -0.668 e. The maximum atomic E-state index is 4.65. The van der Waals surface area contributed by atoms with Crippen molar-refractivity contribution in [3.63, 3.8) is 0 Å². The Bertz CT molecular complexity index is 608. The van der Waals surface area contributed by atoms with Crippen molar-refractivity contribution in [3.8, 4) is 0 Å². The first-order valence-electron chi connectivity index (χ1n) is 11.5. The maximum Gasteiger partial charge on any atom is 4.00 e. The quantitative estimate of drug-likeness (QED) is 0.221. The van der Waals surface area contributed by atoms with Crippen LogP contribution in [-0.2, 0) is 47.5 Å². The predicted octanol–water partition coefficient (Wildman–Crippen LogP) is 8.03. The fourth-order valence-electron chi connectivity index (χ4n) is 2.40. The summed E-state index contributed by atoms with van der Waals surface area (Å²) < 4.78 is 0. The number of nitrogens with zero attached hydrogens (tertiary/aromatic N) is 4. The number of rotatable bonds is 0. The van der Waals surface area contributed by atoms with Gasteiger partial charge in [-0.05, 0) is 10.8 Å². The third-order valence-electron chi connectivity index (χ3n) is 4.35. The largest absolute Gasteiger partial charge is 4.00 e. The van der Waals surface area contributed by atoms with Gasteiger partial charge < -0.3 is 20.6 Å². The fourth-order valence-corrected chi connectivity index (χ4v) is 2.40. The summed E-state index contributed by atoms with van der Waals surface area (Å²) in [4.78, 5) is 9.31. The molecule has 33 heavy (non-hydrogen) atoms. The van der Waals surface area contributed by atoms with Gasteiger partial charge in [-0.3, -0.25) is 0 Å². The smallest absolute Gasteiger partial charge is 0.668 e. The molecule has 5 heteroatoms. The second-order valence-electron chi connectivity index (χ2n) is 12.3. The van der Waals surface area contributed by atoms with Gasteiger partial charge in [0, 0.05) is 0 Å². The third-order valence-corrected chi connectivity index (χ3v) is 4.35. The van der Waals surface area contributed by atoms with Gasteiger partial charge in [-0.25, -0.2) is 0 Å². The molecule has 2 rings (SSSR count). The molecule has 0 aromatic carbocycles. The van der Waals surface area contributed by atoms with E-state index in [4.69, 9.17) is 0 Å². The van der Waals surface area contributed by atoms with E-state index in [2.05, 4.69) is 128 Å². The Labute approximate surface area is 225 Å². The van der Waals surface area contributed by atoms with Crippen molar-refractivity contribution >= 4 is 0 Å². The molecule has 2 aromatic heterocycles. The summed E-state index contributed by atoms with van der Waals surface area (Å²) in [6, 6.07) is 8.56. The normalized spacial score (nSPS) is 11.6. The molecule has 2 aromatic rings.